The summed E-state index contributed by atoms with van der Waals surface area (Å²) in [6.45, 7) is 9.58. The van der Waals surface area contributed by atoms with Crippen molar-refractivity contribution in [1.82, 2.24) is 10.2 Å². The van der Waals surface area contributed by atoms with Crippen LogP contribution in [0, 0.1) is 11.8 Å². The summed E-state index contributed by atoms with van der Waals surface area (Å²) in [6.07, 6.45) is 1.48. The number of likely N-dealkylation sites (tertiary alicyclic amines) is 1. The average molecular weight is 396 g/mol. The van der Waals surface area contributed by atoms with Crippen molar-refractivity contribution in [2.24, 2.45) is 11.8 Å². The van der Waals surface area contributed by atoms with Gasteiger partial charge in [-0.05, 0) is 53.9 Å². The molecule has 2 N–H and O–H groups in total. The zero-order chi connectivity index (χ0) is 20.9. The maximum absolute atomic E-state index is 13.4. The molecule has 8 heteroatoms. The van der Waals surface area contributed by atoms with Gasteiger partial charge in [0.25, 0.3) is 0 Å². The van der Waals surface area contributed by atoms with Crippen LogP contribution in [-0.2, 0) is 23.9 Å². The van der Waals surface area contributed by atoms with Gasteiger partial charge < -0.3 is 24.8 Å². The van der Waals surface area contributed by atoms with Crippen molar-refractivity contribution < 1.29 is 29.0 Å². The van der Waals surface area contributed by atoms with Gasteiger partial charge in [-0.2, -0.15) is 0 Å². The molecule has 0 radical (unpaired) electrons. The molecule has 2 amide bonds. The lowest BCUT2D eigenvalue weighted by atomic mass is 9.66. The van der Waals surface area contributed by atoms with Gasteiger partial charge in [-0.25, -0.2) is 0 Å². The summed E-state index contributed by atoms with van der Waals surface area (Å²) >= 11 is 0. The first-order valence-electron chi connectivity index (χ1n) is 10.1. The Bertz CT molecular complexity index is 674. The van der Waals surface area contributed by atoms with Crippen LogP contribution in [0.4, 0.5) is 0 Å². The third-order valence-corrected chi connectivity index (χ3v) is 6.12. The Morgan fingerprint density at radius 3 is 2.61 bits per heavy atom. The molecule has 5 atom stereocenters. The second kappa shape index (κ2) is 6.99. The summed E-state index contributed by atoms with van der Waals surface area (Å²) < 4.78 is 11.7. The van der Waals surface area contributed by atoms with Crippen LogP contribution in [0.5, 0.6) is 0 Å². The van der Waals surface area contributed by atoms with Crippen LogP contribution in [0.3, 0.4) is 0 Å². The maximum Gasteiger partial charge on any atom is 0.312 e. The summed E-state index contributed by atoms with van der Waals surface area (Å²) in [5.74, 6) is -2.44. The number of carbonyl (C=O) groups is 3. The molecule has 3 saturated heterocycles. The zero-order valence-electron chi connectivity index (χ0n) is 17.4. The van der Waals surface area contributed by atoms with Crippen LogP contribution >= 0.6 is 0 Å². The van der Waals surface area contributed by atoms with Gasteiger partial charge in [0.15, 0.2) is 0 Å². The van der Waals surface area contributed by atoms with E-state index in [1.165, 1.54) is 4.90 Å². The van der Waals surface area contributed by atoms with Crippen molar-refractivity contribution in [3.63, 3.8) is 0 Å². The van der Waals surface area contributed by atoms with E-state index < -0.39 is 40.6 Å². The number of esters is 1. The highest BCUT2D eigenvalue weighted by molar-refractivity contribution is 5.98. The first-order chi connectivity index (χ1) is 13.0. The first kappa shape index (κ1) is 21.0. The standard InChI is InChI=1S/C20H32N2O6/c1-6-27-17(26)13-12-16(25)22(10-7-11-23)14(15(24)21-18(2,3)4)20(12)9-8-19(13,5)28-20/h12-14,23H,6-11H2,1-5H3,(H,21,24)/t12-,13-,14?,19+,20?/m0/s1. The van der Waals surface area contributed by atoms with Crippen molar-refractivity contribution in [2.75, 3.05) is 19.8 Å². The van der Waals surface area contributed by atoms with Crippen molar-refractivity contribution in [3.8, 4) is 0 Å². The largest absolute Gasteiger partial charge is 0.466 e. The molecule has 3 aliphatic rings. The Kier molecular flexibility index (Phi) is 5.25. The molecule has 3 rings (SSSR count). The first-order valence-corrected chi connectivity index (χ1v) is 10.1. The fourth-order valence-electron chi connectivity index (χ4n) is 5.24. The quantitative estimate of drug-likeness (QED) is 0.638. The van der Waals surface area contributed by atoms with E-state index in [1.807, 2.05) is 27.7 Å². The van der Waals surface area contributed by atoms with Crippen molar-refractivity contribution in [3.05, 3.63) is 0 Å². The van der Waals surface area contributed by atoms with E-state index in [0.717, 1.165) is 0 Å². The number of nitrogens with zero attached hydrogens (tertiary/aromatic N) is 1. The van der Waals surface area contributed by atoms with Gasteiger partial charge in [-0.15, -0.1) is 0 Å². The van der Waals surface area contributed by atoms with Gasteiger partial charge in [-0.3, -0.25) is 14.4 Å². The van der Waals surface area contributed by atoms with E-state index in [1.54, 1.807) is 6.92 Å². The Labute approximate surface area is 165 Å². The third-order valence-electron chi connectivity index (χ3n) is 6.12. The number of hydrogen-bond donors (Lipinski definition) is 2. The van der Waals surface area contributed by atoms with Crippen LogP contribution in [0.1, 0.15) is 53.9 Å². The molecule has 8 nitrogen and oxygen atoms in total. The molecule has 2 bridgehead atoms. The van der Waals surface area contributed by atoms with Crippen molar-refractivity contribution >= 4 is 17.8 Å². The van der Waals surface area contributed by atoms with E-state index in [2.05, 4.69) is 5.32 Å². The highest BCUT2D eigenvalue weighted by Gasteiger charge is 2.78. The van der Waals surface area contributed by atoms with Crippen LogP contribution in [0.2, 0.25) is 0 Å². The summed E-state index contributed by atoms with van der Waals surface area (Å²) in [4.78, 5) is 40.9. The molecule has 1 spiro atoms. The topological polar surface area (TPSA) is 105 Å². The second-order valence-electron chi connectivity index (χ2n) is 9.33. The van der Waals surface area contributed by atoms with E-state index in [9.17, 15) is 19.5 Å². The SMILES string of the molecule is CCOC(=O)[C@@H]1[C@H]2C(=O)N(CCCO)C(C(=O)NC(C)(C)C)C23CC[C@@]1(C)O3. The van der Waals surface area contributed by atoms with Crippen molar-refractivity contribution in [2.45, 2.75) is 76.7 Å². The molecule has 0 saturated carbocycles. The van der Waals surface area contributed by atoms with E-state index in [0.29, 0.717) is 19.3 Å². The van der Waals surface area contributed by atoms with Gasteiger partial charge in [0.05, 0.1) is 18.1 Å². The summed E-state index contributed by atoms with van der Waals surface area (Å²) in [5, 5.41) is 12.2. The minimum absolute atomic E-state index is 0.0884. The number of rotatable bonds is 6. The number of ether oxygens (including phenoxy) is 2. The molecule has 2 unspecified atom stereocenters. The second-order valence-corrected chi connectivity index (χ2v) is 9.33. The number of hydrogen-bond acceptors (Lipinski definition) is 6. The van der Waals surface area contributed by atoms with Crippen LogP contribution < -0.4 is 5.32 Å². The Balaban J connectivity index is 2.02. The van der Waals surface area contributed by atoms with Gasteiger partial charge >= 0.3 is 5.97 Å². The predicted octanol–water partition coefficient (Wildman–Crippen LogP) is 0.611. The normalized spacial score (nSPS) is 36.6. The van der Waals surface area contributed by atoms with Crippen LogP contribution in [-0.4, -0.2) is 70.3 Å². The highest BCUT2D eigenvalue weighted by atomic mass is 16.6. The van der Waals surface area contributed by atoms with Crippen molar-refractivity contribution in [1.29, 1.82) is 0 Å². The average Bonchev–Trinajstić information content (AvgIpc) is 3.12. The number of amides is 2. The minimum atomic E-state index is -1.03. The lowest BCUT2D eigenvalue weighted by molar-refractivity contribution is -0.159. The molecule has 28 heavy (non-hydrogen) atoms. The molecule has 0 aromatic heterocycles. The molecular formula is C20H32N2O6. The van der Waals surface area contributed by atoms with Crippen LogP contribution in [0.15, 0.2) is 0 Å². The Hall–Kier alpha value is -1.67. The molecule has 0 aliphatic carbocycles. The van der Waals surface area contributed by atoms with Gasteiger partial charge in [0.2, 0.25) is 11.8 Å². The summed E-state index contributed by atoms with van der Waals surface area (Å²) in [7, 11) is 0. The van der Waals surface area contributed by atoms with Gasteiger partial charge in [0.1, 0.15) is 17.6 Å². The van der Waals surface area contributed by atoms with Gasteiger partial charge in [-0.1, -0.05) is 0 Å². The zero-order valence-corrected chi connectivity index (χ0v) is 17.4. The molecule has 0 aromatic carbocycles. The molecule has 3 heterocycles. The number of aliphatic hydroxyl groups excluding tert-OH is 1. The highest BCUT2D eigenvalue weighted by Crippen LogP contribution is 2.63. The number of fused-ring (bicyclic) bond motifs is 1. The molecular weight excluding hydrogens is 364 g/mol. The summed E-state index contributed by atoms with van der Waals surface area (Å²) in [5.41, 5.74) is -2.32. The Morgan fingerprint density at radius 1 is 1.36 bits per heavy atom. The fourth-order valence-corrected chi connectivity index (χ4v) is 5.24. The summed E-state index contributed by atoms with van der Waals surface area (Å²) in [6, 6.07) is -0.822. The maximum atomic E-state index is 13.4. The Morgan fingerprint density at radius 2 is 2.04 bits per heavy atom. The molecule has 158 valence electrons. The molecule has 3 fully saturated rings. The number of carbonyl (C=O) groups excluding carboxylic acids is 3. The van der Waals surface area contributed by atoms with Gasteiger partial charge in [0, 0.05) is 18.7 Å². The number of nitrogens with one attached hydrogen (secondary N) is 1. The predicted molar refractivity (Wildman–Crippen MR) is 100 cm³/mol. The van der Waals surface area contributed by atoms with Crippen LogP contribution in [0.25, 0.3) is 0 Å². The monoisotopic (exact) mass is 396 g/mol. The van der Waals surface area contributed by atoms with E-state index >= 15 is 0 Å². The fraction of sp³-hybridized carbons (Fsp3) is 0.850. The minimum Gasteiger partial charge on any atom is -0.466 e. The van der Waals surface area contributed by atoms with E-state index in [-0.39, 0.29) is 31.6 Å². The molecule has 3 aliphatic heterocycles. The lowest BCUT2D eigenvalue weighted by Crippen LogP contribution is -2.58. The lowest BCUT2D eigenvalue weighted by Gasteiger charge is -2.35. The third kappa shape index (κ3) is 3.10. The van der Waals surface area contributed by atoms with E-state index in [4.69, 9.17) is 9.47 Å². The number of aliphatic hydroxyl groups is 1. The molecule has 0 aromatic rings. The smallest absolute Gasteiger partial charge is 0.312 e.